The minimum absolute atomic E-state index is 0. The molecular weight excluding hydrogens is 573 g/mol. The molecule has 0 saturated carbocycles. The standard InChI is InChI=1S/C18H35NO8P.W/c1-11(2)22-10-18(19)17(8-14(6)26-18)27-28(20,21)23-9-16-15(24-12(3)4)7-13(5)25-16;/h11-15,17H,7-10,19H2,1-6H3,(H,20,21);/q-1;/p-1/t13-,14-,15?,17?,18+;/m0./s1. The van der Waals surface area contributed by atoms with Crippen molar-refractivity contribution in [2.24, 2.45) is 5.73 Å². The van der Waals surface area contributed by atoms with Gasteiger partial charge in [-0.25, -0.2) is 0 Å². The van der Waals surface area contributed by atoms with E-state index in [1.165, 1.54) is 0 Å². The monoisotopic (exact) mass is 607 g/mol. The van der Waals surface area contributed by atoms with E-state index in [9.17, 15) is 9.46 Å². The quantitative estimate of drug-likeness (QED) is 0.293. The largest absolute Gasteiger partial charge is 0.756 e. The van der Waals surface area contributed by atoms with Crippen LogP contribution in [0.4, 0.5) is 0 Å². The van der Waals surface area contributed by atoms with Crippen molar-refractivity contribution in [3.8, 4) is 0 Å². The van der Waals surface area contributed by atoms with Crippen LogP contribution in [0.15, 0.2) is 0 Å². The van der Waals surface area contributed by atoms with Crippen molar-refractivity contribution in [2.75, 3.05) is 13.2 Å². The number of hydrogen-bond donors (Lipinski definition) is 1. The van der Waals surface area contributed by atoms with Gasteiger partial charge in [0.25, 0.3) is 7.82 Å². The van der Waals surface area contributed by atoms with Crippen LogP contribution in [0.25, 0.3) is 0 Å². The Kier molecular flexibility index (Phi) is 10.9. The molecule has 0 bridgehead atoms. The molecule has 2 heterocycles. The smallest absolute Gasteiger partial charge is 0.265 e. The van der Waals surface area contributed by atoms with Gasteiger partial charge in [0.1, 0.15) is 6.10 Å². The first kappa shape index (κ1) is 27.6. The van der Waals surface area contributed by atoms with Crippen LogP contribution in [0.3, 0.4) is 0 Å². The van der Waals surface area contributed by atoms with Crippen LogP contribution in [0.5, 0.6) is 0 Å². The molecule has 2 saturated heterocycles. The second-order valence-corrected chi connectivity index (χ2v) is 9.46. The van der Waals surface area contributed by atoms with Crippen molar-refractivity contribution in [1.29, 1.82) is 0 Å². The molecule has 0 aromatic rings. The molecule has 2 N–H and O–H groups in total. The molecule has 29 heavy (non-hydrogen) atoms. The summed E-state index contributed by atoms with van der Waals surface area (Å²) in [5.41, 5.74) is 4.87. The summed E-state index contributed by atoms with van der Waals surface area (Å²) in [4.78, 5) is 12.4. The number of phosphoric acid groups is 1. The number of rotatable bonds is 10. The number of phosphoric ester groups is 1. The molecule has 0 radical (unpaired) electrons. The zero-order valence-electron chi connectivity index (χ0n) is 18.0. The molecule has 9 nitrogen and oxygen atoms in total. The summed E-state index contributed by atoms with van der Waals surface area (Å²) in [6.07, 6.45) is -0.222. The third kappa shape index (κ3) is 8.57. The second kappa shape index (κ2) is 11.5. The van der Waals surface area contributed by atoms with E-state index in [0.717, 1.165) is 0 Å². The molecule has 2 aliphatic heterocycles. The minimum Gasteiger partial charge on any atom is -0.756 e. The molecule has 11 heteroatoms. The van der Waals surface area contributed by atoms with Gasteiger partial charge < -0.3 is 32.9 Å². The Morgan fingerprint density at radius 3 is 2.45 bits per heavy atom. The van der Waals surface area contributed by atoms with Crippen LogP contribution in [0, 0.1) is 6.10 Å². The van der Waals surface area contributed by atoms with Gasteiger partial charge in [-0.3, -0.25) is 10.3 Å². The summed E-state index contributed by atoms with van der Waals surface area (Å²) in [6.45, 7) is 11.0. The normalized spacial score (nSPS) is 35.2. The molecule has 0 spiro atoms. The van der Waals surface area contributed by atoms with E-state index in [0.29, 0.717) is 18.9 Å². The van der Waals surface area contributed by atoms with Crippen LogP contribution in [-0.4, -0.2) is 55.6 Å². The predicted octanol–water partition coefficient (Wildman–Crippen LogP) is 1.88. The van der Waals surface area contributed by atoms with Crippen LogP contribution < -0.4 is 10.6 Å². The summed E-state index contributed by atoms with van der Waals surface area (Å²) < 4.78 is 45.3. The zero-order chi connectivity index (χ0) is 21.1. The van der Waals surface area contributed by atoms with Crippen molar-refractivity contribution in [3.63, 3.8) is 0 Å². The fourth-order valence-corrected chi connectivity index (χ4v) is 4.21. The van der Waals surface area contributed by atoms with Gasteiger partial charge in [0, 0.05) is 39.7 Å². The van der Waals surface area contributed by atoms with Crippen LogP contribution in [0.1, 0.15) is 54.4 Å². The Morgan fingerprint density at radius 2 is 1.86 bits per heavy atom. The van der Waals surface area contributed by atoms with E-state index in [1.54, 1.807) is 6.92 Å². The first-order valence-corrected chi connectivity index (χ1v) is 11.3. The van der Waals surface area contributed by atoms with Gasteiger partial charge in [0.15, 0.2) is 5.72 Å². The molecule has 6 atom stereocenters. The predicted molar refractivity (Wildman–Crippen MR) is 100 cm³/mol. The van der Waals surface area contributed by atoms with Gasteiger partial charge in [0.05, 0.1) is 18.8 Å². The van der Waals surface area contributed by atoms with Gasteiger partial charge in [-0.05, 0) is 60.7 Å². The third-order valence-corrected chi connectivity index (χ3v) is 5.43. The average Bonchev–Trinajstić information content (AvgIpc) is 3.02. The van der Waals surface area contributed by atoms with Crippen molar-refractivity contribution in [2.45, 2.75) is 96.7 Å². The maximum atomic E-state index is 12.4. The van der Waals surface area contributed by atoms with E-state index in [-0.39, 0.29) is 64.8 Å². The van der Waals surface area contributed by atoms with E-state index < -0.39 is 19.7 Å². The molecular formula is C18H34NO8PW-2. The first-order valence-electron chi connectivity index (χ1n) is 9.80. The number of hydrogen-bond acceptors (Lipinski definition) is 9. The molecule has 0 aromatic carbocycles. The van der Waals surface area contributed by atoms with Crippen molar-refractivity contribution >= 4 is 7.82 Å². The molecule has 0 aliphatic carbocycles. The average molecular weight is 607 g/mol. The van der Waals surface area contributed by atoms with Crippen LogP contribution >= 0.6 is 7.82 Å². The van der Waals surface area contributed by atoms with Gasteiger partial charge in [-0.1, -0.05) is 0 Å². The third-order valence-electron chi connectivity index (χ3n) is 4.47. The van der Waals surface area contributed by atoms with Gasteiger partial charge in [-0.15, -0.1) is 6.10 Å². The van der Waals surface area contributed by atoms with Crippen molar-refractivity contribution in [3.05, 3.63) is 6.10 Å². The Morgan fingerprint density at radius 1 is 1.21 bits per heavy atom. The van der Waals surface area contributed by atoms with Crippen molar-refractivity contribution in [1.82, 2.24) is 0 Å². The molecule has 2 aliphatic rings. The van der Waals surface area contributed by atoms with Gasteiger partial charge >= 0.3 is 0 Å². The SMILES string of the molecule is CC(C)OC[C@@]1(N)O[C@@H](C)CC1OP(=O)([O-])OC[C-]1O[C@@H](C)CC1OC(C)C.[W]. The fraction of sp³-hybridized carbons (Fsp3) is 0.944. The molecule has 2 fully saturated rings. The summed E-state index contributed by atoms with van der Waals surface area (Å²) in [7, 11) is -4.65. The Labute approximate surface area is 188 Å². The Hall–Kier alpha value is 0.598. The Bertz CT molecular complexity index is 554. The van der Waals surface area contributed by atoms with Crippen molar-refractivity contribution < 1.29 is 58.5 Å². The fourth-order valence-electron chi connectivity index (χ4n) is 3.29. The molecule has 0 amide bonds. The Balaban J connectivity index is 0.00000420. The van der Waals surface area contributed by atoms with E-state index in [2.05, 4.69) is 0 Å². The molecule has 3 unspecified atom stereocenters. The molecule has 0 aromatic heterocycles. The maximum absolute atomic E-state index is 12.4. The van der Waals surface area contributed by atoms with Gasteiger partial charge in [-0.2, -0.15) is 0 Å². The summed E-state index contributed by atoms with van der Waals surface area (Å²) in [5.74, 6) is 0. The van der Waals surface area contributed by atoms with E-state index in [1.807, 2.05) is 34.6 Å². The van der Waals surface area contributed by atoms with Crippen LogP contribution in [-0.2, 0) is 53.6 Å². The number of ether oxygens (including phenoxy) is 4. The molecule has 2 rings (SSSR count). The second-order valence-electron chi connectivity index (χ2n) is 8.10. The summed E-state index contributed by atoms with van der Waals surface area (Å²) in [5, 5.41) is 0. The summed E-state index contributed by atoms with van der Waals surface area (Å²) >= 11 is 0. The maximum Gasteiger partial charge on any atom is 0.265 e. The van der Waals surface area contributed by atoms with Gasteiger partial charge in [0.2, 0.25) is 0 Å². The minimum atomic E-state index is -4.65. The van der Waals surface area contributed by atoms with E-state index in [4.69, 9.17) is 33.7 Å². The number of nitrogens with two attached hydrogens (primary N) is 1. The molecule has 172 valence electrons. The topological polar surface area (TPSA) is 122 Å². The first-order chi connectivity index (χ1) is 12.9. The van der Waals surface area contributed by atoms with E-state index >= 15 is 0 Å². The van der Waals surface area contributed by atoms with Crippen LogP contribution in [0.2, 0.25) is 0 Å². The zero-order valence-corrected chi connectivity index (χ0v) is 21.8. The summed E-state index contributed by atoms with van der Waals surface area (Å²) in [6, 6.07) is 0.